The second kappa shape index (κ2) is 6.54. The van der Waals surface area contributed by atoms with Crippen LogP contribution >= 0.6 is 11.8 Å². The molecule has 2 N–H and O–H groups in total. The van der Waals surface area contributed by atoms with Crippen LogP contribution in [0.15, 0.2) is 28.3 Å². The number of benzene rings is 1. The Morgan fingerprint density at radius 3 is 2.38 bits per heavy atom. The van der Waals surface area contributed by atoms with E-state index in [0.717, 1.165) is 27.4 Å². The molecule has 1 aromatic carbocycles. The van der Waals surface area contributed by atoms with Gasteiger partial charge in [0.1, 0.15) is 5.82 Å². The second-order valence-electron chi connectivity index (χ2n) is 5.34. The summed E-state index contributed by atoms with van der Waals surface area (Å²) in [7, 11) is 0. The molecule has 0 fully saturated rings. The fourth-order valence-electron chi connectivity index (χ4n) is 2.04. The molecular formula is C16H20FN3S. The molecule has 0 spiro atoms. The van der Waals surface area contributed by atoms with E-state index in [-0.39, 0.29) is 11.9 Å². The first-order valence-corrected chi connectivity index (χ1v) is 7.72. The summed E-state index contributed by atoms with van der Waals surface area (Å²) in [4.78, 5) is 9.95. The normalized spacial score (nSPS) is 12.5. The third-order valence-corrected chi connectivity index (χ3v) is 4.36. The molecule has 3 nitrogen and oxygen atoms in total. The Bertz CT molecular complexity index is 633. The summed E-state index contributed by atoms with van der Waals surface area (Å²) in [5.41, 5.74) is 9.79. The largest absolute Gasteiger partial charge is 0.328 e. The lowest BCUT2D eigenvalue weighted by atomic mass is 10.1. The molecule has 5 heteroatoms. The van der Waals surface area contributed by atoms with Crippen molar-refractivity contribution in [3.05, 3.63) is 46.5 Å². The van der Waals surface area contributed by atoms with Crippen molar-refractivity contribution in [2.45, 2.75) is 50.2 Å². The Labute approximate surface area is 129 Å². The van der Waals surface area contributed by atoms with E-state index in [2.05, 4.69) is 9.97 Å². The van der Waals surface area contributed by atoms with E-state index < -0.39 is 0 Å². The monoisotopic (exact) mass is 305 g/mol. The molecule has 0 amide bonds. The molecule has 2 aromatic rings. The topological polar surface area (TPSA) is 51.8 Å². The Morgan fingerprint density at radius 1 is 1.19 bits per heavy atom. The van der Waals surface area contributed by atoms with Gasteiger partial charge >= 0.3 is 0 Å². The summed E-state index contributed by atoms with van der Waals surface area (Å²) in [5.74, 6) is -0.243. The highest BCUT2D eigenvalue weighted by Crippen LogP contribution is 2.30. The smallest absolute Gasteiger partial charge is 0.192 e. The summed E-state index contributed by atoms with van der Waals surface area (Å²) >= 11 is 1.46. The number of nitrogens with two attached hydrogens (primary N) is 1. The highest BCUT2D eigenvalue weighted by Gasteiger charge is 2.11. The molecule has 1 atom stereocenters. The number of halogens is 1. The van der Waals surface area contributed by atoms with Crippen LogP contribution in [-0.4, -0.2) is 16.0 Å². The van der Waals surface area contributed by atoms with Crippen LogP contribution in [0.25, 0.3) is 0 Å². The summed E-state index contributed by atoms with van der Waals surface area (Å²) in [5, 5.41) is 0.688. The average Bonchev–Trinajstić information content (AvgIpc) is 2.38. The van der Waals surface area contributed by atoms with Crippen LogP contribution in [0.3, 0.4) is 0 Å². The summed E-state index contributed by atoms with van der Waals surface area (Å²) < 4.78 is 13.4. The molecular weight excluding hydrogens is 285 g/mol. The minimum atomic E-state index is -0.243. The number of aryl methyl sites for hydroxylation is 2. The van der Waals surface area contributed by atoms with Gasteiger partial charge in [-0.05, 0) is 75.2 Å². The molecule has 0 radical (unpaired) electrons. The summed E-state index contributed by atoms with van der Waals surface area (Å²) in [6.07, 6.45) is 0.629. The van der Waals surface area contributed by atoms with Crippen LogP contribution in [-0.2, 0) is 6.42 Å². The lowest BCUT2D eigenvalue weighted by molar-refractivity contribution is 0.620. The van der Waals surface area contributed by atoms with Crippen LogP contribution in [0.1, 0.15) is 29.4 Å². The summed E-state index contributed by atoms with van der Waals surface area (Å²) in [6.45, 7) is 7.87. The molecule has 0 aliphatic heterocycles. The Kier molecular flexibility index (Phi) is 4.96. The number of aromatic nitrogens is 2. The molecule has 0 aliphatic carbocycles. The third kappa shape index (κ3) is 4.02. The maximum Gasteiger partial charge on any atom is 0.192 e. The van der Waals surface area contributed by atoms with Crippen molar-refractivity contribution >= 4 is 11.8 Å². The minimum absolute atomic E-state index is 0.0199. The van der Waals surface area contributed by atoms with E-state index in [1.54, 1.807) is 12.1 Å². The van der Waals surface area contributed by atoms with Crippen molar-refractivity contribution in [1.82, 2.24) is 9.97 Å². The van der Waals surface area contributed by atoms with Gasteiger partial charge in [0.2, 0.25) is 0 Å². The first-order valence-electron chi connectivity index (χ1n) is 6.90. The molecule has 0 saturated heterocycles. The van der Waals surface area contributed by atoms with Gasteiger partial charge in [-0.3, -0.25) is 0 Å². The fourth-order valence-corrected chi connectivity index (χ4v) is 3.01. The van der Waals surface area contributed by atoms with Crippen LogP contribution < -0.4 is 5.73 Å². The maximum absolute atomic E-state index is 13.4. The van der Waals surface area contributed by atoms with Crippen molar-refractivity contribution in [1.29, 1.82) is 0 Å². The zero-order chi connectivity index (χ0) is 15.6. The first kappa shape index (κ1) is 15.9. The lowest BCUT2D eigenvalue weighted by Crippen LogP contribution is -2.18. The molecule has 1 aromatic heterocycles. The van der Waals surface area contributed by atoms with Crippen molar-refractivity contribution in [2.75, 3.05) is 0 Å². The fraction of sp³-hybridized carbons (Fsp3) is 0.375. The molecule has 0 aliphatic rings. The van der Waals surface area contributed by atoms with E-state index in [9.17, 15) is 4.39 Å². The second-order valence-corrected chi connectivity index (χ2v) is 6.35. The minimum Gasteiger partial charge on any atom is -0.328 e. The standard InChI is InChI=1S/C16H20FN3S/c1-9(18)7-13-8-14(17)5-6-15(13)21-16-19-11(3)10(2)12(4)20-16/h5-6,8-9H,7,18H2,1-4H3. The van der Waals surface area contributed by atoms with Crippen LogP contribution in [0.4, 0.5) is 4.39 Å². The molecule has 2 rings (SSSR count). The number of hydrogen-bond acceptors (Lipinski definition) is 4. The lowest BCUT2D eigenvalue weighted by Gasteiger charge is -2.12. The molecule has 0 bridgehead atoms. The highest BCUT2D eigenvalue weighted by molar-refractivity contribution is 7.99. The quantitative estimate of drug-likeness (QED) is 0.877. The zero-order valence-electron chi connectivity index (χ0n) is 12.8. The van der Waals surface area contributed by atoms with E-state index in [4.69, 9.17) is 5.73 Å². The third-order valence-electron chi connectivity index (χ3n) is 3.38. The molecule has 21 heavy (non-hydrogen) atoms. The highest BCUT2D eigenvalue weighted by atomic mass is 32.2. The van der Waals surface area contributed by atoms with Crippen molar-refractivity contribution in [3.63, 3.8) is 0 Å². The molecule has 0 saturated carbocycles. The van der Waals surface area contributed by atoms with Gasteiger partial charge in [-0.15, -0.1) is 0 Å². The number of hydrogen-bond donors (Lipinski definition) is 1. The van der Waals surface area contributed by atoms with E-state index in [1.165, 1.54) is 17.8 Å². The van der Waals surface area contributed by atoms with Crippen LogP contribution in [0, 0.1) is 26.6 Å². The predicted molar refractivity (Wildman–Crippen MR) is 84.1 cm³/mol. The van der Waals surface area contributed by atoms with Gasteiger partial charge in [-0.1, -0.05) is 0 Å². The van der Waals surface area contributed by atoms with Gasteiger partial charge in [0.15, 0.2) is 5.16 Å². The van der Waals surface area contributed by atoms with Crippen molar-refractivity contribution < 1.29 is 4.39 Å². The van der Waals surface area contributed by atoms with E-state index >= 15 is 0 Å². The predicted octanol–water partition coefficient (Wildman–Crippen LogP) is 3.58. The van der Waals surface area contributed by atoms with Crippen LogP contribution in [0.2, 0.25) is 0 Å². The van der Waals surface area contributed by atoms with E-state index in [0.29, 0.717) is 11.6 Å². The SMILES string of the molecule is Cc1nc(Sc2ccc(F)cc2CC(C)N)nc(C)c1C. The maximum atomic E-state index is 13.4. The van der Waals surface area contributed by atoms with Gasteiger partial charge in [0.25, 0.3) is 0 Å². The van der Waals surface area contributed by atoms with Gasteiger partial charge < -0.3 is 5.73 Å². The van der Waals surface area contributed by atoms with Gasteiger partial charge in [0, 0.05) is 22.3 Å². The molecule has 1 unspecified atom stereocenters. The molecule has 112 valence electrons. The Hall–Kier alpha value is -1.46. The average molecular weight is 305 g/mol. The Morgan fingerprint density at radius 2 is 1.81 bits per heavy atom. The first-order chi connectivity index (χ1) is 9.86. The van der Waals surface area contributed by atoms with Crippen molar-refractivity contribution in [3.8, 4) is 0 Å². The van der Waals surface area contributed by atoms with Gasteiger partial charge in [-0.2, -0.15) is 0 Å². The van der Waals surface area contributed by atoms with Crippen molar-refractivity contribution in [2.24, 2.45) is 5.73 Å². The van der Waals surface area contributed by atoms with Gasteiger partial charge in [0.05, 0.1) is 0 Å². The molecule has 1 heterocycles. The number of rotatable bonds is 4. The van der Waals surface area contributed by atoms with Crippen LogP contribution in [0.5, 0.6) is 0 Å². The number of nitrogens with zero attached hydrogens (tertiary/aromatic N) is 2. The Balaban J connectivity index is 2.35. The van der Waals surface area contributed by atoms with E-state index in [1.807, 2.05) is 27.7 Å². The summed E-state index contributed by atoms with van der Waals surface area (Å²) in [6, 6.07) is 4.75. The zero-order valence-corrected chi connectivity index (χ0v) is 13.6. The van der Waals surface area contributed by atoms with Gasteiger partial charge in [-0.25, -0.2) is 14.4 Å².